The third-order valence-electron chi connectivity index (χ3n) is 2.97. The second kappa shape index (κ2) is 6.29. The van der Waals surface area contributed by atoms with Crippen LogP contribution < -0.4 is 4.74 Å². The third-order valence-corrected chi connectivity index (χ3v) is 3.41. The molecule has 0 spiro atoms. The molecule has 0 radical (unpaired) electrons. The van der Waals surface area contributed by atoms with Crippen LogP contribution in [-0.2, 0) is 4.74 Å². The zero-order valence-electron chi connectivity index (χ0n) is 10.3. The van der Waals surface area contributed by atoms with Gasteiger partial charge in [0.2, 0.25) is 0 Å². The maximum Gasteiger partial charge on any atom is 0.181 e. The second-order valence-corrected chi connectivity index (χ2v) is 5.22. The Balaban J connectivity index is 2.01. The summed E-state index contributed by atoms with van der Waals surface area (Å²) in [6, 6.07) is 3.57. The van der Waals surface area contributed by atoms with Crippen LogP contribution in [0.1, 0.15) is 30.3 Å². The van der Waals surface area contributed by atoms with E-state index in [1.54, 1.807) is 12.1 Å². The number of ketones is 1. The molecule has 2 rings (SSSR count). The molecule has 0 aromatic carbocycles. The fourth-order valence-corrected chi connectivity index (χ4v) is 2.22. The average molecular weight is 314 g/mol. The van der Waals surface area contributed by atoms with Gasteiger partial charge in [-0.1, -0.05) is 0 Å². The minimum absolute atomic E-state index is 0.0849. The Kier molecular flexibility index (Phi) is 4.72. The van der Waals surface area contributed by atoms with E-state index in [2.05, 4.69) is 20.9 Å². The van der Waals surface area contributed by atoms with Crippen molar-refractivity contribution in [2.75, 3.05) is 19.8 Å². The van der Waals surface area contributed by atoms with Crippen LogP contribution in [0.4, 0.5) is 0 Å². The van der Waals surface area contributed by atoms with Gasteiger partial charge in [0.25, 0.3) is 0 Å². The SMILES string of the molecule is CC(=O)c1nc(Br)ccc1OCC1CCOCC1. The highest BCUT2D eigenvalue weighted by atomic mass is 79.9. The molecule has 0 unspecified atom stereocenters. The first-order valence-corrected chi connectivity index (χ1v) is 6.84. The Morgan fingerprint density at radius 2 is 2.22 bits per heavy atom. The zero-order valence-corrected chi connectivity index (χ0v) is 11.9. The molecule has 1 saturated heterocycles. The number of carbonyl (C=O) groups is 1. The first-order valence-electron chi connectivity index (χ1n) is 6.05. The summed E-state index contributed by atoms with van der Waals surface area (Å²) in [5.41, 5.74) is 0.386. The van der Waals surface area contributed by atoms with E-state index in [4.69, 9.17) is 9.47 Å². The lowest BCUT2D eigenvalue weighted by molar-refractivity contribution is 0.0494. The van der Waals surface area contributed by atoms with Gasteiger partial charge in [0.05, 0.1) is 6.61 Å². The zero-order chi connectivity index (χ0) is 13.0. The summed E-state index contributed by atoms with van der Waals surface area (Å²) in [5, 5.41) is 0. The number of nitrogens with zero attached hydrogens (tertiary/aromatic N) is 1. The van der Waals surface area contributed by atoms with Gasteiger partial charge in [-0.05, 0) is 46.8 Å². The molecule has 1 aliphatic rings. The molecule has 1 fully saturated rings. The van der Waals surface area contributed by atoms with Gasteiger partial charge in [-0.15, -0.1) is 0 Å². The van der Waals surface area contributed by atoms with Crippen LogP contribution in [-0.4, -0.2) is 30.6 Å². The van der Waals surface area contributed by atoms with Crippen molar-refractivity contribution in [1.82, 2.24) is 4.98 Å². The van der Waals surface area contributed by atoms with Crippen molar-refractivity contribution in [3.8, 4) is 5.75 Å². The quantitative estimate of drug-likeness (QED) is 0.633. The van der Waals surface area contributed by atoms with Gasteiger partial charge in [-0.25, -0.2) is 4.98 Å². The fourth-order valence-electron chi connectivity index (χ4n) is 1.91. The average Bonchev–Trinajstić information content (AvgIpc) is 2.38. The maximum absolute atomic E-state index is 11.5. The summed E-state index contributed by atoms with van der Waals surface area (Å²) in [6.07, 6.45) is 2.03. The van der Waals surface area contributed by atoms with Crippen molar-refractivity contribution < 1.29 is 14.3 Å². The Bertz CT molecular complexity index is 430. The van der Waals surface area contributed by atoms with Gasteiger partial charge in [0.15, 0.2) is 5.78 Å². The number of carbonyl (C=O) groups excluding carboxylic acids is 1. The van der Waals surface area contributed by atoms with E-state index in [1.165, 1.54) is 6.92 Å². The number of Topliss-reactive ketones (excluding diaryl/α,β-unsaturated/α-hetero) is 1. The molecule has 5 heteroatoms. The van der Waals surface area contributed by atoms with Gasteiger partial charge in [0.1, 0.15) is 16.0 Å². The second-order valence-electron chi connectivity index (χ2n) is 4.40. The number of halogens is 1. The Morgan fingerprint density at radius 3 is 2.89 bits per heavy atom. The fraction of sp³-hybridized carbons (Fsp3) is 0.538. The summed E-state index contributed by atoms with van der Waals surface area (Å²) in [7, 11) is 0. The molecule has 0 amide bonds. The minimum Gasteiger partial charge on any atom is -0.491 e. The number of aromatic nitrogens is 1. The molecule has 98 valence electrons. The molecule has 0 aliphatic carbocycles. The summed E-state index contributed by atoms with van der Waals surface area (Å²) in [6.45, 7) is 3.71. The summed E-state index contributed by atoms with van der Waals surface area (Å²) in [5.74, 6) is 0.984. The Morgan fingerprint density at radius 1 is 1.50 bits per heavy atom. The predicted octanol–water partition coefficient (Wildman–Crippen LogP) is 2.85. The van der Waals surface area contributed by atoms with Crippen molar-refractivity contribution in [2.45, 2.75) is 19.8 Å². The highest BCUT2D eigenvalue weighted by molar-refractivity contribution is 9.10. The molecule has 1 aliphatic heterocycles. The van der Waals surface area contributed by atoms with Crippen molar-refractivity contribution >= 4 is 21.7 Å². The van der Waals surface area contributed by atoms with E-state index in [1.807, 2.05) is 0 Å². The summed E-state index contributed by atoms with van der Waals surface area (Å²) >= 11 is 3.26. The lowest BCUT2D eigenvalue weighted by Crippen LogP contribution is -2.22. The topological polar surface area (TPSA) is 48.4 Å². The highest BCUT2D eigenvalue weighted by Gasteiger charge is 2.17. The highest BCUT2D eigenvalue weighted by Crippen LogP contribution is 2.22. The third kappa shape index (κ3) is 3.53. The molecular weight excluding hydrogens is 298 g/mol. The number of rotatable bonds is 4. The van der Waals surface area contributed by atoms with Crippen LogP contribution in [0, 0.1) is 5.92 Å². The van der Waals surface area contributed by atoms with Gasteiger partial charge in [-0.2, -0.15) is 0 Å². The lowest BCUT2D eigenvalue weighted by atomic mass is 10.0. The van der Waals surface area contributed by atoms with Gasteiger partial charge in [-0.3, -0.25) is 4.79 Å². The van der Waals surface area contributed by atoms with E-state index in [9.17, 15) is 4.79 Å². The summed E-state index contributed by atoms with van der Waals surface area (Å²) in [4.78, 5) is 15.6. The van der Waals surface area contributed by atoms with Crippen LogP contribution >= 0.6 is 15.9 Å². The minimum atomic E-state index is -0.0849. The van der Waals surface area contributed by atoms with Crippen molar-refractivity contribution in [3.63, 3.8) is 0 Å². The molecule has 2 heterocycles. The molecule has 1 aromatic rings. The largest absolute Gasteiger partial charge is 0.491 e. The van der Waals surface area contributed by atoms with Crippen molar-refractivity contribution in [3.05, 3.63) is 22.4 Å². The maximum atomic E-state index is 11.5. The van der Waals surface area contributed by atoms with Crippen molar-refractivity contribution in [1.29, 1.82) is 0 Å². The van der Waals surface area contributed by atoms with Crippen LogP contribution in [0.5, 0.6) is 5.75 Å². The molecule has 0 atom stereocenters. The number of hydrogen-bond donors (Lipinski definition) is 0. The van der Waals surface area contributed by atoms with E-state index >= 15 is 0 Å². The standard InChI is InChI=1S/C13H16BrNO3/c1-9(16)13-11(2-3-12(14)15-13)18-8-10-4-6-17-7-5-10/h2-3,10H,4-8H2,1H3. The first-order chi connectivity index (χ1) is 8.66. The Hall–Kier alpha value is -0.940. The van der Waals surface area contributed by atoms with E-state index in [-0.39, 0.29) is 5.78 Å². The van der Waals surface area contributed by atoms with Gasteiger partial charge >= 0.3 is 0 Å². The van der Waals surface area contributed by atoms with Crippen LogP contribution in [0.25, 0.3) is 0 Å². The van der Waals surface area contributed by atoms with E-state index in [0.29, 0.717) is 28.6 Å². The van der Waals surface area contributed by atoms with E-state index < -0.39 is 0 Å². The molecule has 1 aromatic heterocycles. The molecule has 0 saturated carbocycles. The van der Waals surface area contributed by atoms with Crippen LogP contribution in [0.15, 0.2) is 16.7 Å². The molecule has 0 bridgehead atoms. The Labute approximate surface area is 115 Å². The normalized spacial score (nSPS) is 16.6. The summed E-state index contributed by atoms with van der Waals surface area (Å²) < 4.78 is 11.7. The molecular formula is C13H16BrNO3. The smallest absolute Gasteiger partial charge is 0.181 e. The van der Waals surface area contributed by atoms with Crippen LogP contribution in [0.2, 0.25) is 0 Å². The van der Waals surface area contributed by atoms with E-state index in [0.717, 1.165) is 26.1 Å². The van der Waals surface area contributed by atoms with Gasteiger partial charge in [0, 0.05) is 20.1 Å². The number of pyridine rings is 1. The first kappa shape index (κ1) is 13.5. The molecule has 18 heavy (non-hydrogen) atoms. The van der Waals surface area contributed by atoms with Crippen LogP contribution in [0.3, 0.4) is 0 Å². The number of hydrogen-bond acceptors (Lipinski definition) is 4. The molecule has 4 nitrogen and oxygen atoms in total. The molecule has 0 N–H and O–H groups in total. The lowest BCUT2D eigenvalue weighted by Gasteiger charge is -2.22. The van der Waals surface area contributed by atoms with Crippen molar-refractivity contribution in [2.24, 2.45) is 5.92 Å². The monoisotopic (exact) mass is 313 g/mol. The predicted molar refractivity (Wildman–Crippen MR) is 71.0 cm³/mol. The van der Waals surface area contributed by atoms with Gasteiger partial charge < -0.3 is 9.47 Å². The number of ether oxygens (including phenoxy) is 2.